The van der Waals surface area contributed by atoms with Crippen LogP contribution in [-0.4, -0.2) is 56.0 Å². The van der Waals surface area contributed by atoms with Gasteiger partial charge in [-0.1, -0.05) is 6.07 Å². The molecule has 1 amide bonds. The van der Waals surface area contributed by atoms with Crippen LogP contribution in [0.1, 0.15) is 24.8 Å². The van der Waals surface area contributed by atoms with Crippen molar-refractivity contribution >= 4 is 27.6 Å². The molecule has 1 aromatic carbocycles. The monoisotopic (exact) mass is 380 g/mol. The van der Waals surface area contributed by atoms with Crippen molar-refractivity contribution in [3.8, 4) is 5.75 Å². The molecule has 0 unspecified atom stereocenters. The molecule has 26 heavy (non-hydrogen) atoms. The number of amides is 1. The standard InChI is InChI=1S/C16H20N4O5S/c17-15-14-10(18-26(23,24)19-15)3-1-4-11(14)25-12-7-16(12)5-2-6-20(9-16)13(22)8-21/h1,3-4,12,18,21H,2,5-9H2,(H2,17,19)/t12-,16+/m1/s1. The maximum Gasteiger partial charge on any atom is 0.344 e. The van der Waals surface area contributed by atoms with Crippen LogP contribution in [0.25, 0.3) is 0 Å². The molecule has 9 nitrogen and oxygen atoms in total. The predicted molar refractivity (Wildman–Crippen MR) is 94.1 cm³/mol. The number of nitrogens with two attached hydrogens (primary N) is 1. The number of amidine groups is 1. The summed E-state index contributed by atoms with van der Waals surface area (Å²) >= 11 is 0. The number of carbonyl (C=O) groups is 1. The number of likely N-dealkylation sites (tertiary alicyclic amines) is 1. The normalized spacial score (nSPS) is 28.7. The van der Waals surface area contributed by atoms with Gasteiger partial charge in [-0.05, 0) is 31.4 Å². The van der Waals surface area contributed by atoms with Crippen LogP contribution in [-0.2, 0) is 15.0 Å². The van der Waals surface area contributed by atoms with Gasteiger partial charge in [0.1, 0.15) is 18.5 Å². The van der Waals surface area contributed by atoms with Gasteiger partial charge in [0.25, 0.3) is 0 Å². The number of ether oxygens (including phenoxy) is 1. The Bertz CT molecular complexity index is 900. The van der Waals surface area contributed by atoms with Crippen molar-refractivity contribution in [1.82, 2.24) is 4.90 Å². The molecule has 1 aromatic rings. The Labute approximate surface area is 151 Å². The smallest absolute Gasteiger partial charge is 0.344 e. The molecule has 1 saturated heterocycles. The predicted octanol–water partition coefficient (Wildman–Crippen LogP) is -0.186. The number of piperidine rings is 1. The van der Waals surface area contributed by atoms with E-state index in [-0.39, 0.29) is 23.3 Å². The molecule has 140 valence electrons. The van der Waals surface area contributed by atoms with Crippen LogP contribution in [0, 0.1) is 5.41 Å². The number of rotatable bonds is 3. The zero-order valence-electron chi connectivity index (χ0n) is 14.0. The summed E-state index contributed by atoms with van der Waals surface area (Å²) in [5, 5.41) is 9.08. The fraction of sp³-hybridized carbons (Fsp3) is 0.500. The quantitative estimate of drug-likeness (QED) is 0.666. The number of nitrogens with one attached hydrogen (secondary N) is 1. The van der Waals surface area contributed by atoms with E-state index in [0.29, 0.717) is 30.1 Å². The Kier molecular flexibility index (Phi) is 3.85. The maximum atomic E-state index is 11.8. The van der Waals surface area contributed by atoms with Crippen LogP contribution in [0.5, 0.6) is 5.75 Å². The first-order valence-corrected chi connectivity index (χ1v) is 9.84. The molecule has 0 radical (unpaired) electrons. The van der Waals surface area contributed by atoms with Crippen LogP contribution in [0.2, 0.25) is 0 Å². The number of benzene rings is 1. The summed E-state index contributed by atoms with van der Waals surface area (Å²) in [6, 6.07) is 5.02. The molecule has 1 aliphatic carbocycles. The largest absolute Gasteiger partial charge is 0.489 e. The van der Waals surface area contributed by atoms with Crippen LogP contribution >= 0.6 is 0 Å². The van der Waals surface area contributed by atoms with Crippen LogP contribution in [0.4, 0.5) is 5.69 Å². The third-order valence-corrected chi connectivity index (χ3v) is 6.14. The zero-order chi connectivity index (χ0) is 18.5. The molecule has 0 bridgehead atoms. The Hall–Kier alpha value is -2.33. The minimum Gasteiger partial charge on any atom is -0.489 e. The van der Waals surface area contributed by atoms with E-state index >= 15 is 0 Å². The molecule has 10 heteroatoms. The number of hydrogen-bond acceptors (Lipinski definition) is 6. The number of hydrogen-bond donors (Lipinski definition) is 3. The lowest BCUT2D eigenvalue weighted by Crippen LogP contribution is -2.43. The summed E-state index contributed by atoms with van der Waals surface area (Å²) < 4.78 is 35.3. The van der Waals surface area contributed by atoms with Crippen molar-refractivity contribution in [3.63, 3.8) is 0 Å². The van der Waals surface area contributed by atoms with E-state index in [1.54, 1.807) is 23.1 Å². The fourth-order valence-electron chi connectivity index (χ4n) is 3.85. The van der Waals surface area contributed by atoms with E-state index < -0.39 is 16.8 Å². The van der Waals surface area contributed by atoms with Gasteiger partial charge in [-0.15, -0.1) is 4.40 Å². The highest BCUT2D eigenvalue weighted by Gasteiger charge is 2.58. The summed E-state index contributed by atoms with van der Waals surface area (Å²) in [4.78, 5) is 13.5. The van der Waals surface area contributed by atoms with Gasteiger partial charge in [-0.25, -0.2) is 0 Å². The lowest BCUT2D eigenvalue weighted by atomic mass is 9.94. The Morgan fingerprint density at radius 1 is 1.50 bits per heavy atom. The maximum absolute atomic E-state index is 11.8. The van der Waals surface area contributed by atoms with Crippen molar-refractivity contribution < 1.29 is 23.1 Å². The molecule has 2 fully saturated rings. The average molecular weight is 380 g/mol. The van der Waals surface area contributed by atoms with Crippen LogP contribution < -0.4 is 15.2 Å². The molecule has 4 N–H and O–H groups in total. The van der Waals surface area contributed by atoms with Crippen LogP contribution in [0.3, 0.4) is 0 Å². The number of aliphatic hydroxyl groups is 1. The van der Waals surface area contributed by atoms with Gasteiger partial charge in [-0.2, -0.15) is 8.42 Å². The van der Waals surface area contributed by atoms with Crippen molar-refractivity contribution in [2.24, 2.45) is 15.5 Å². The molecule has 2 heterocycles. The second kappa shape index (κ2) is 5.85. The van der Waals surface area contributed by atoms with Gasteiger partial charge in [0.05, 0.1) is 11.3 Å². The second-order valence-corrected chi connectivity index (χ2v) is 8.32. The first kappa shape index (κ1) is 17.1. The zero-order valence-corrected chi connectivity index (χ0v) is 14.8. The lowest BCUT2D eigenvalue weighted by molar-refractivity contribution is -0.136. The summed E-state index contributed by atoms with van der Waals surface area (Å²) in [6.45, 7) is 0.721. The van der Waals surface area contributed by atoms with E-state index in [2.05, 4.69) is 9.12 Å². The summed E-state index contributed by atoms with van der Waals surface area (Å²) in [7, 11) is -3.83. The van der Waals surface area contributed by atoms with Gasteiger partial charge in [0.15, 0.2) is 5.84 Å². The molecular weight excluding hydrogens is 360 g/mol. The summed E-state index contributed by atoms with van der Waals surface area (Å²) in [6.07, 6.45) is 2.52. The van der Waals surface area contributed by atoms with Crippen LogP contribution in [0.15, 0.2) is 22.6 Å². The van der Waals surface area contributed by atoms with Gasteiger partial charge in [0.2, 0.25) is 5.91 Å². The Balaban J connectivity index is 1.55. The molecule has 2 aliphatic heterocycles. The van der Waals surface area contributed by atoms with Crippen molar-refractivity contribution in [2.75, 3.05) is 24.4 Å². The number of anilines is 1. The molecule has 1 saturated carbocycles. The molecule has 3 aliphatic rings. The molecule has 1 spiro atoms. The van der Waals surface area contributed by atoms with Gasteiger partial charge in [0, 0.05) is 18.5 Å². The number of carbonyl (C=O) groups excluding carboxylic acids is 1. The Morgan fingerprint density at radius 3 is 3.08 bits per heavy atom. The summed E-state index contributed by atoms with van der Waals surface area (Å²) in [5.74, 6) is 0.0982. The van der Waals surface area contributed by atoms with Gasteiger partial charge >= 0.3 is 10.2 Å². The topological polar surface area (TPSA) is 134 Å². The second-order valence-electron chi connectivity index (χ2n) is 6.98. The highest BCUT2D eigenvalue weighted by atomic mass is 32.2. The lowest BCUT2D eigenvalue weighted by Gasteiger charge is -2.33. The first-order valence-electron chi connectivity index (χ1n) is 8.40. The van der Waals surface area contributed by atoms with E-state index in [0.717, 1.165) is 19.3 Å². The van der Waals surface area contributed by atoms with Crippen molar-refractivity contribution in [2.45, 2.75) is 25.4 Å². The Morgan fingerprint density at radius 2 is 2.31 bits per heavy atom. The van der Waals surface area contributed by atoms with E-state index in [4.69, 9.17) is 15.6 Å². The third kappa shape index (κ3) is 2.88. The molecule has 4 rings (SSSR count). The molecular formula is C16H20N4O5S. The number of fused-ring (bicyclic) bond motifs is 1. The fourth-order valence-corrected chi connectivity index (χ4v) is 4.69. The minimum atomic E-state index is -3.83. The highest BCUT2D eigenvalue weighted by molar-refractivity contribution is 7.91. The summed E-state index contributed by atoms with van der Waals surface area (Å²) in [5.41, 5.74) is 6.49. The SMILES string of the molecule is NC1=NS(=O)(=O)Nc2cccc(O[C@@H]3C[C@]34CCCN(C(=O)CO)C4)c21. The van der Waals surface area contributed by atoms with E-state index in [1.807, 2.05) is 0 Å². The van der Waals surface area contributed by atoms with Gasteiger partial charge in [-0.3, -0.25) is 9.52 Å². The molecule has 2 atom stereocenters. The van der Waals surface area contributed by atoms with E-state index in [9.17, 15) is 13.2 Å². The van der Waals surface area contributed by atoms with Crippen molar-refractivity contribution in [1.29, 1.82) is 0 Å². The van der Waals surface area contributed by atoms with E-state index in [1.165, 1.54) is 0 Å². The number of aliphatic hydroxyl groups excluding tert-OH is 1. The highest BCUT2D eigenvalue weighted by Crippen LogP contribution is 2.54. The van der Waals surface area contributed by atoms with Crippen molar-refractivity contribution in [3.05, 3.63) is 23.8 Å². The molecule has 0 aromatic heterocycles. The number of nitrogens with zero attached hydrogens (tertiary/aromatic N) is 2. The average Bonchev–Trinajstić information content (AvgIpc) is 3.23. The third-order valence-electron chi connectivity index (χ3n) is 5.22. The minimum absolute atomic E-state index is 0.0883. The first-order chi connectivity index (χ1) is 12.3. The van der Waals surface area contributed by atoms with Gasteiger partial charge < -0.3 is 20.5 Å².